The predicted molar refractivity (Wildman–Crippen MR) is 76.2 cm³/mol. The van der Waals surface area contributed by atoms with Gasteiger partial charge in [-0.25, -0.2) is 0 Å². The normalized spacial score (nSPS) is 13.0. The molecule has 0 heterocycles. The highest BCUT2D eigenvalue weighted by molar-refractivity contribution is 6.35. The summed E-state index contributed by atoms with van der Waals surface area (Å²) in [6.45, 7) is 0. The van der Waals surface area contributed by atoms with E-state index in [4.69, 9.17) is 32.1 Å². The molecule has 0 fully saturated rings. The van der Waals surface area contributed by atoms with Gasteiger partial charge in [0.2, 0.25) is 5.75 Å². The fourth-order valence-corrected chi connectivity index (χ4v) is 1.92. The van der Waals surface area contributed by atoms with Crippen molar-refractivity contribution in [3.63, 3.8) is 0 Å². The summed E-state index contributed by atoms with van der Waals surface area (Å²) in [5.41, 5.74) is -0.490. The predicted octanol–water partition coefficient (Wildman–Crippen LogP) is 4.70. The molecule has 0 radical (unpaired) electrons. The highest BCUT2D eigenvalue weighted by Crippen LogP contribution is 2.35. The van der Waals surface area contributed by atoms with Crippen molar-refractivity contribution in [2.75, 3.05) is 7.04 Å². The van der Waals surface area contributed by atoms with E-state index in [1.54, 1.807) is 6.07 Å². The van der Waals surface area contributed by atoms with E-state index in [2.05, 4.69) is 4.74 Å². The lowest BCUT2D eigenvalue weighted by atomic mass is 10.2. The highest BCUT2D eigenvalue weighted by atomic mass is 35.5. The van der Waals surface area contributed by atoms with Gasteiger partial charge in [-0.1, -0.05) is 23.2 Å². The second-order valence-electron chi connectivity index (χ2n) is 3.67. The smallest absolute Gasteiger partial charge is 0.311 e. The van der Waals surface area contributed by atoms with Crippen LogP contribution in [0.15, 0.2) is 36.4 Å². The number of nitro benzene ring substituents is 1. The van der Waals surface area contributed by atoms with Gasteiger partial charge in [-0.2, -0.15) is 0 Å². The van der Waals surface area contributed by atoms with E-state index in [9.17, 15) is 10.1 Å². The lowest BCUT2D eigenvalue weighted by Crippen LogP contribution is -1.94. The first-order valence-corrected chi connectivity index (χ1v) is 6.02. The lowest BCUT2D eigenvalue weighted by molar-refractivity contribution is -0.385. The number of benzene rings is 2. The summed E-state index contributed by atoms with van der Waals surface area (Å²) in [5.74, 6) is -0.0542. The highest BCUT2D eigenvalue weighted by Gasteiger charge is 2.16. The lowest BCUT2D eigenvalue weighted by Gasteiger charge is -2.09. The summed E-state index contributed by atoms with van der Waals surface area (Å²) in [7, 11) is -2.83. The second kappa shape index (κ2) is 5.98. The third-order valence-corrected chi connectivity index (χ3v) is 2.89. The van der Waals surface area contributed by atoms with Gasteiger partial charge >= 0.3 is 5.69 Å². The number of nitrogens with zero attached hydrogens (tertiary/aromatic N) is 1. The zero-order valence-electron chi connectivity index (χ0n) is 12.8. The standard InChI is InChI=1S/C13H9Cl2NO4/c1-19-13-7-9(3-4-11(13)16(17)18)20-12-5-2-8(14)6-10(12)15/h2-7H,1H3/i1D3. The number of hydrogen-bond acceptors (Lipinski definition) is 4. The SMILES string of the molecule is [2H]C([2H])([2H])Oc1cc(Oc2ccc(Cl)cc2Cl)ccc1[N+](=O)[O-]. The molecule has 0 saturated carbocycles. The van der Waals surface area contributed by atoms with Crippen molar-refractivity contribution in [3.8, 4) is 17.2 Å². The fourth-order valence-electron chi connectivity index (χ4n) is 1.48. The molecular formula is C13H9Cl2NO4. The van der Waals surface area contributed by atoms with Crippen LogP contribution in [0, 0.1) is 10.1 Å². The molecule has 0 saturated heterocycles. The van der Waals surface area contributed by atoms with Gasteiger partial charge in [0.25, 0.3) is 0 Å². The van der Waals surface area contributed by atoms with E-state index in [-0.39, 0.29) is 16.5 Å². The molecule has 0 aliphatic heterocycles. The van der Waals surface area contributed by atoms with Crippen LogP contribution in [0.4, 0.5) is 5.69 Å². The average molecular weight is 317 g/mol. The van der Waals surface area contributed by atoms with Gasteiger partial charge in [0.1, 0.15) is 11.5 Å². The van der Waals surface area contributed by atoms with Gasteiger partial charge in [0.05, 0.1) is 21.1 Å². The van der Waals surface area contributed by atoms with Gasteiger partial charge < -0.3 is 9.47 Å². The summed E-state index contributed by atoms with van der Waals surface area (Å²) >= 11 is 11.7. The number of halogens is 2. The van der Waals surface area contributed by atoms with Crippen LogP contribution in [0.25, 0.3) is 0 Å². The van der Waals surface area contributed by atoms with Crippen molar-refractivity contribution in [2.24, 2.45) is 0 Å². The van der Waals surface area contributed by atoms with Crippen molar-refractivity contribution in [1.29, 1.82) is 0 Å². The van der Waals surface area contributed by atoms with Crippen LogP contribution in [0.2, 0.25) is 10.0 Å². The van der Waals surface area contributed by atoms with E-state index in [0.29, 0.717) is 5.02 Å². The molecule has 0 spiro atoms. The molecule has 0 atom stereocenters. The van der Waals surface area contributed by atoms with Crippen molar-refractivity contribution in [3.05, 3.63) is 56.6 Å². The van der Waals surface area contributed by atoms with E-state index in [1.165, 1.54) is 18.2 Å². The van der Waals surface area contributed by atoms with E-state index >= 15 is 0 Å². The summed E-state index contributed by atoms with van der Waals surface area (Å²) in [6.07, 6.45) is 0. The van der Waals surface area contributed by atoms with Crippen molar-refractivity contribution < 1.29 is 18.5 Å². The molecule has 0 aliphatic carbocycles. The van der Waals surface area contributed by atoms with Crippen molar-refractivity contribution in [1.82, 2.24) is 0 Å². The van der Waals surface area contributed by atoms with Gasteiger partial charge in [-0.15, -0.1) is 0 Å². The summed E-state index contributed by atoms with van der Waals surface area (Å²) in [4.78, 5) is 10.2. The maximum absolute atomic E-state index is 10.9. The Morgan fingerprint density at radius 3 is 2.65 bits per heavy atom. The summed E-state index contributed by atoms with van der Waals surface area (Å²) in [6, 6.07) is 8.01. The Morgan fingerprint density at radius 2 is 2.00 bits per heavy atom. The largest absolute Gasteiger partial charge is 0.490 e. The Hall–Kier alpha value is -1.98. The minimum absolute atomic E-state index is 0.124. The number of hydrogen-bond donors (Lipinski definition) is 0. The van der Waals surface area contributed by atoms with Crippen molar-refractivity contribution >= 4 is 28.9 Å². The van der Waals surface area contributed by atoms with Gasteiger partial charge in [0, 0.05) is 17.2 Å². The van der Waals surface area contributed by atoms with Crippen molar-refractivity contribution in [2.45, 2.75) is 0 Å². The minimum Gasteiger partial charge on any atom is -0.490 e. The molecule has 0 N–H and O–H groups in total. The quantitative estimate of drug-likeness (QED) is 0.605. The molecule has 0 bridgehead atoms. The van der Waals surface area contributed by atoms with Crippen LogP contribution >= 0.6 is 23.2 Å². The van der Waals surface area contributed by atoms with Gasteiger partial charge in [-0.05, 0) is 24.3 Å². The molecule has 0 amide bonds. The summed E-state index contributed by atoms with van der Waals surface area (Å²) < 4.78 is 31.3. The van der Waals surface area contributed by atoms with Crippen LogP contribution in [0.5, 0.6) is 17.2 Å². The maximum Gasteiger partial charge on any atom is 0.311 e. The Bertz CT molecular complexity index is 752. The molecule has 2 rings (SSSR count). The van der Waals surface area contributed by atoms with E-state index in [0.717, 1.165) is 12.1 Å². The van der Waals surface area contributed by atoms with Crippen LogP contribution in [0.3, 0.4) is 0 Å². The third kappa shape index (κ3) is 3.12. The molecule has 7 heteroatoms. The Kier molecular flexibility index (Phi) is 3.22. The first-order chi connectivity index (χ1) is 10.7. The maximum atomic E-state index is 10.9. The molecule has 2 aromatic carbocycles. The van der Waals surface area contributed by atoms with Gasteiger partial charge in [0.15, 0.2) is 0 Å². The van der Waals surface area contributed by atoms with Crippen LogP contribution < -0.4 is 9.47 Å². The molecular weight excluding hydrogens is 305 g/mol. The second-order valence-corrected chi connectivity index (χ2v) is 4.51. The Balaban J connectivity index is 2.36. The number of rotatable bonds is 4. The first-order valence-electron chi connectivity index (χ1n) is 6.76. The van der Waals surface area contributed by atoms with Crippen LogP contribution in [0.1, 0.15) is 4.11 Å². The minimum atomic E-state index is -2.83. The number of nitro groups is 1. The fraction of sp³-hybridized carbons (Fsp3) is 0.0769. The van der Waals surface area contributed by atoms with E-state index < -0.39 is 23.4 Å². The van der Waals surface area contributed by atoms with Crippen LogP contribution in [-0.4, -0.2) is 12.0 Å². The van der Waals surface area contributed by atoms with Crippen LogP contribution in [-0.2, 0) is 0 Å². The number of methoxy groups -OCH3 is 1. The molecule has 0 unspecified atom stereocenters. The molecule has 0 aromatic heterocycles. The zero-order chi connectivity index (χ0) is 17.2. The Morgan fingerprint density at radius 1 is 1.20 bits per heavy atom. The molecule has 104 valence electrons. The zero-order valence-corrected chi connectivity index (χ0v) is 11.3. The first kappa shape index (κ1) is 10.8. The molecule has 0 aliphatic rings. The molecule has 2 aromatic rings. The molecule has 5 nitrogen and oxygen atoms in total. The Labute approximate surface area is 129 Å². The topological polar surface area (TPSA) is 61.6 Å². The monoisotopic (exact) mass is 316 g/mol. The van der Waals surface area contributed by atoms with Gasteiger partial charge in [-0.3, -0.25) is 10.1 Å². The summed E-state index contributed by atoms with van der Waals surface area (Å²) in [5, 5.41) is 11.6. The molecule has 20 heavy (non-hydrogen) atoms. The average Bonchev–Trinajstić information content (AvgIpc) is 2.40. The van der Waals surface area contributed by atoms with E-state index in [1.807, 2.05) is 0 Å². The third-order valence-electron chi connectivity index (χ3n) is 2.36. The number of ether oxygens (including phenoxy) is 2.